The molecule has 0 saturated carbocycles. The summed E-state index contributed by atoms with van der Waals surface area (Å²) in [7, 11) is -1.92. The Morgan fingerprint density at radius 3 is 2.23 bits per heavy atom. The van der Waals surface area contributed by atoms with Gasteiger partial charge in [0.25, 0.3) is 0 Å². The first-order valence-electron chi connectivity index (χ1n) is 13.5. The van der Waals surface area contributed by atoms with Gasteiger partial charge in [-0.2, -0.15) is 0 Å². The molecule has 43 heavy (non-hydrogen) atoms. The first-order chi connectivity index (χ1) is 20.5. The van der Waals surface area contributed by atoms with Gasteiger partial charge in [-0.15, -0.1) is 0 Å². The third-order valence-electron chi connectivity index (χ3n) is 7.71. The van der Waals surface area contributed by atoms with Gasteiger partial charge in [0.2, 0.25) is 0 Å². The molecule has 6 rings (SSSR count). The Balaban J connectivity index is 1.55. The third-order valence-corrected chi connectivity index (χ3v) is 9.44. The van der Waals surface area contributed by atoms with Gasteiger partial charge >= 0.3 is 0 Å². The van der Waals surface area contributed by atoms with Gasteiger partial charge in [-0.05, 0) is 71.6 Å². The molecule has 1 N–H and O–H groups in total. The molecule has 1 atom stereocenters. The quantitative estimate of drug-likeness (QED) is 0.213. The molecule has 3 aromatic carbocycles. The number of aromatic nitrogens is 4. The molecule has 0 spiro atoms. The number of aliphatic hydroxyl groups is 1. The number of aryl methyl sites for hydroxylation is 2. The summed E-state index contributed by atoms with van der Waals surface area (Å²) >= 11 is 13.3. The maximum atomic E-state index is 13.0. The van der Waals surface area contributed by atoms with E-state index in [1.807, 2.05) is 67.3 Å². The van der Waals surface area contributed by atoms with Gasteiger partial charge in [-0.3, -0.25) is 0 Å². The Morgan fingerprint density at radius 2 is 1.63 bits per heavy atom. The number of halogens is 2. The molecule has 3 aromatic heterocycles. The summed E-state index contributed by atoms with van der Waals surface area (Å²) in [6, 6.07) is 22.3. The Hall–Kier alpha value is -3.95. The standard InChI is InChI=1S/C33H28Cl2N4O3S/c1-21-16-24(33(40,29-19-36-20-38(29)2)23-8-10-25(34)11-9-23)18-27-30(35)28(32(37-31(21)27)43(3,41)42)17-22-6-12-26(13-7-22)39-14-4-5-15-39/h4-16,18-20,40H,17H2,1-3H3. The molecular formula is C33H28Cl2N4O3S. The fourth-order valence-corrected chi connectivity index (χ4v) is 6.91. The smallest absolute Gasteiger partial charge is 0.193 e. The highest BCUT2D eigenvalue weighted by atomic mass is 35.5. The average molecular weight is 632 g/mol. The first-order valence-corrected chi connectivity index (χ1v) is 16.1. The number of hydrogen-bond acceptors (Lipinski definition) is 5. The minimum atomic E-state index is -3.73. The van der Waals surface area contributed by atoms with Crippen LogP contribution in [0.5, 0.6) is 0 Å². The lowest BCUT2D eigenvalue weighted by Gasteiger charge is -2.30. The van der Waals surface area contributed by atoms with Crippen LogP contribution in [0.15, 0.2) is 103 Å². The van der Waals surface area contributed by atoms with Crippen molar-refractivity contribution in [2.45, 2.75) is 24.0 Å². The normalized spacial score (nSPS) is 13.3. The molecule has 218 valence electrons. The van der Waals surface area contributed by atoms with E-state index >= 15 is 0 Å². The van der Waals surface area contributed by atoms with E-state index in [0.717, 1.165) is 17.5 Å². The summed E-state index contributed by atoms with van der Waals surface area (Å²) in [4.78, 5) is 8.91. The van der Waals surface area contributed by atoms with Crippen LogP contribution in [-0.2, 0) is 28.9 Å². The SMILES string of the molecule is Cc1cc(C(O)(c2ccc(Cl)cc2)c2cncn2C)cc2c(Cl)c(Cc3ccc(-n4cccc4)cc3)c(S(C)(=O)=O)nc12. The number of benzene rings is 3. The number of fused-ring (bicyclic) bond motifs is 1. The molecule has 0 aliphatic rings. The van der Waals surface area contributed by atoms with E-state index in [1.54, 1.807) is 53.5 Å². The van der Waals surface area contributed by atoms with E-state index in [2.05, 4.69) is 9.97 Å². The highest BCUT2D eigenvalue weighted by Gasteiger charge is 2.37. The van der Waals surface area contributed by atoms with Crippen LogP contribution in [-0.4, -0.2) is 38.9 Å². The number of hydrogen-bond donors (Lipinski definition) is 1. The molecule has 10 heteroatoms. The molecule has 0 radical (unpaired) electrons. The highest BCUT2D eigenvalue weighted by Crippen LogP contribution is 2.41. The lowest BCUT2D eigenvalue weighted by atomic mass is 9.82. The van der Waals surface area contributed by atoms with Gasteiger partial charge in [0, 0.05) is 53.8 Å². The Labute approximate surface area is 259 Å². The number of imidazole rings is 1. The maximum Gasteiger partial charge on any atom is 0.193 e. The molecular weight excluding hydrogens is 603 g/mol. The molecule has 1 unspecified atom stereocenters. The lowest BCUT2D eigenvalue weighted by Crippen LogP contribution is -2.31. The zero-order valence-electron chi connectivity index (χ0n) is 23.7. The molecule has 0 bridgehead atoms. The number of rotatable bonds is 7. The fourth-order valence-electron chi connectivity index (χ4n) is 5.55. The zero-order chi connectivity index (χ0) is 30.5. The van der Waals surface area contributed by atoms with Crippen molar-refractivity contribution in [2.24, 2.45) is 7.05 Å². The Morgan fingerprint density at radius 1 is 0.953 bits per heavy atom. The van der Waals surface area contributed by atoms with E-state index < -0.39 is 15.4 Å². The summed E-state index contributed by atoms with van der Waals surface area (Å²) in [5.41, 5.74) is 3.40. The molecule has 0 amide bonds. The van der Waals surface area contributed by atoms with Gasteiger partial charge in [-0.1, -0.05) is 53.5 Å². The van der Waals surface area contributed by atoms with Crippen molar-refractivity contribution in [3.05, 3.63) is 141 Å². The Kier molecular flexibility index (Phi) is 7.42. The van der Waals surface area contributed by atoms with Gasteiger partial charge in [0.1, 0.15) is 0 Å². The Bertz CT molecular complexity index is 2070. The van der Waals surface area contributed by atoms with Crippen molar-refractivity contribution < 1.29 is 13.5 Å². The van der Waals surface area contributed by atoms with Crippen LogP contribution in [0.1, 0.15) is 33.5 Å². The van der Waals surface area contributed by atoms with Crippen molar-refractivity contribution in [1.29, 1.82) is 0 Å². The van der Waals surface area contributed by atoms with Crippen LogP contribution in [0.3, 0.4) is 0 Å². The second-order valence-electron chi connectivity index (χ2n) is 10.7. The van der Waals surface area contributed by atoms with E-state index in [4.69, 9.17) is 23.2 Å². The van der Waals surface area contributed by atoms with Crippen LogP contribution in [0, 0.1) is 6.92 Å². The van der Waals surface area contributed by atoms with Crippen LogP contribution in [0.2, 0.25) is 10.0 Å². The maximum absolute atomic E-state index is 13.0. The lowest BCUT2D eigenvalue weighted by molar-refractivity contribution is 0.117. The summed E-state index contributed by atoms with van der Waals surface area (Å²) in [6.07, 6.45) is 8.54. The fraction of sp³-hybridized carbons (Fsp3) is 0.152. The van der Waals surface area contributed by atoms with E-state index in [0.29, 0.717) is 43.9 Å². The molecule has 0 fully saturated rings. The summed E-state index contributed by atoms with van der Waals surface area (Å²) in [5, 5.41) is 13.8. The largest absolute Gasteiger partial charge is 0.374 e. The van der Waals surface area contributed by atoms with Crippen molar-refractivity contribution in [2.75, 3.05) is 6.26 Å². The highest BCUT2D eigenvalue weighted by molar-refractivity contribution is 7.90. The van der Waals surface area contributed by atoms with E-state index in [-0.39, 0.29) is 16.5 Å². The van der Waals surface area contributed by atoms with Crippen molar-refractivity contribution in [3.63, 3.8) is 0 Å². The van der Waals surface area contributed by atoms with Crippen molar-refractivity contribution in [1.82, 2.24) is 19.1 Å². The number of sulfone groups is 1. The molecule has 0 aliphatic heterocycles. The van der Waals surface area contributed by atoms with Crippen LogP contribution < -0.4 is 0 Å². The molecule has 7 nitrogen and oxygen atoms in total. The third kappa shape index (κ3) is 5.25. The van der Waals surface area contributed by atoms with E-state index in [9.17, 15) is 13.5 Å². The van der Waals surface area contributed by atoms with Gasteiger partial charge in [0.05, 0.1) is 28.8 Å². The monoisotopic (exact) mass is 630 g/mol. The first kappa shape index (κ1) is 29.1. The molecule has 0 aliphatic carbocycles. The van der Waals surface area contributed by atoms with Gasteiger partial charge < -0.3 is 14.2 Å². The van der Waals surface area contributed by atoms with Crippen LogP contribution >= 0.6 is 23.2 Å². The van der Waals surface area contributed by atoms with Crippen LogP contribution in [0.4, 0.5) is 0 Å². The number of pyridine rings is 1. The molecule has 0 saturated heterocycles. The minimum Gasteiger partial charge on any atom is -0.374 e. The minimum absolute atomic E-state index is 0.0602. The van der Waals surface area contributed by atoms with Crippen molar-refractivity contribution in [3.8, 4) is 5.69 Å². The van der Waals surface area contributed by atoms with E-state index in [1.165, 1.54) is 0 Å². The van der Waals surface area contributed by atoms with Crippen LogP contribution in [0.25, 0.3) is 16.6 Å². The van der Waals surface area contributed by atoms with Gasteiger partial charge in [-0.25, -0.2) is 18.4 Å². The summed E-state index contributed by atoms with van der Waals surface area (Å²) < 4.78 is 29.8. The molecule has 3 heterocycles. The second-order valence-corrected chi connectivity index (χ2v) is 13.5. The number of nitrogens with zero attached hydrogens (tertiary/aromatic N) is 4. The zero-order valence-corrected chi connectivity index (χ0v) is 26.0. The summed E-state index contributed by atoms with van der Waals surface area (Å²) in [6.45, 7) is 1.83. The second kappa shape index (κ2) is 11.0. The summed E-state index contributed by atoms with van der Waals surface area (Å²) in [5.74, 6) is 0. The average Bonchev–Trinajstić information content (AvgIpc) is 3.67. The molecule has 6 aromatic rings. The predicted octanol–water partition coefficient (Wildman–Crippen LogP) is 6.65. The van der Waals surface area contributed by atoms with Crippen molar-refractivity contribution >= 4 is 43.9 Å². The predicted molar refractivity (Wildman–Crippen MR) is 170 cm³/mol. The van der Waals surface area contributed by atoms with Gasteiger partial charge in [0.15, 0.2) is 20.5 Å². The topological polar surface area (TPSA) is 90.0 Å².